The Morgan fingerprint density at radius 1 is 1.35 bits per heavy atom. The summed E-state index contributed by atoms with van der Waals surface area (Å²) < 4.78 is 41.6. The fourth-order valence-corrected chi connectivity index (χ4v) is 1.31. The van der Waals surface area contributed by atoms with Crippen LogP contribution in [-0.2, 0) is 9.53 Å². The first kappa shape index (κ1) is 15.7. The molecule has 1 aromatic carbocycles. The van der Waals surface area contributed by atoms with Crippen LogP contribution in [-0.4, -0.2) is 23.5 Å². The maximum absolute atomic E-state index is 12.2. The molecule has 5 nitrogen and oxygen atoms in total. The van der Waals surface area contributed by atoms with Crippen LogP contribution in [0.3, 0.4) is 0 Å². The lowest BCUT2D eigenvalue weighted by Crippen LogP contribution is -2.20. The van der Waals surface area contributed by atoms with E-state index in [0.717, 1.165) is 12.1 Å². The number of allylic oxidation sites excluding steroid dienone is 1. The summed E-state index contributed by atoms with van der Waals surface area (Å²) in [6.45, 7) is 1.59. The number of ketones is 1. The number of nitrogens with zero attached hydrogens (tertiary/aromatic N) is 1. The summed E-state index contributed by atoms with van der Waals surface area (Å²) >= 11 is 0. The Morgan fingerprint density at radius 2 is 1.90 bits per heavy atom. The zero-order valence-corrected chi connectivity index (χ0v) is 10.3. The van der Waals surface area contributed by atoms with E-state index >= 15 is 0 Å². The van der Waals surface area contributed by atoms with Gasteiger partial charge >= 0.3 is 6.18 Å². The van der Waals surface area contributed by atoms with Crippen molar-refractivity contribution in [3.63, 3.8) is 0 Å². The fraction of sp³-hybridized carbons (Fsp3) is 0.250. The van der Waals surface area contributed by atoms with Gasteiger partial charge in [-0.15, -0.1) is 0 Å². The third-order valence-corrected chi connectivity index (χ3v) is 2.20. The number of hydrogen-bond acceptors (Lipinski definition) is 4. The van der Waals surface area contributed by atoms with Crippen LogP contribution in [0.2, 0.25) is 0 Å². The van der Waals surface area contributed by atoms with Crippen LogP contribution >= 0.6 is 0 Å². The van der Waals surface area contributed by atoms with E-state index in [0.29, 0.717) is 6.08 Å². The van der Waals surface area contributed by atoms with Crippen molar-refractivity contribution in [2.45, 2.75) is 13.1 Å². The van der Waals surface area contributed by atoms with Gasteiger partial charge in [-0.05, 0) is 19.1 Å². The molecule has 0 aliphatic rings. The van der Waals surface area contributed by atoms with Crippen LogP contribution in [0.25, 0.3) is 5.76 Å². The highest BCUT2D eigenvalue weighted by Crippen LogP contribution is 2.23. The molecule has 20 heavy (non-hydrogen) atoms. The number of alkyl halides is 3. The van der Waals surface area contributed by atoms with Gasteiger partial charge in [-0.1, -0.05) is 0 Å². The molecule has 8 heteroatoms. The van der Waals surface area contributed by atoms with Crippen molar-refractivity contribution in [2.75, 3.05) is 6.61 Å². The minimum absolute atomic E-state index is 0.0496. The number of halogens is 3. The van der Waals surface area contributed by atoms with Gasteiger partial charge in [-0.25, -0.2) is 0 Å². The average molecular weight is 289 g/mol. The van der Waals surface area contributed by atoms with Crippen molar-refractivity contribution < 1.29 is 27.6 Å². The maximum atomic E-state index is 12.2. The van der Waals surface area contributed by atoms with E-state index in [-0.39, 0.29) is 23.6 Å². The second kappa shape index (κ2) is 6.18. The van der Waals surface area contributed by atoms with Gasteiger partial charge in [0.05, 0.1) is 11.5 Å². The molecule has 1 rings (SSSR count). The molecule has 108 valence electrons. The SMILES string of the molecule is CCO/C(=C/C(=O)C(F)(F)F)c1ccc([N+](=O)[O-])cc1. The molecule has 1 aromatic rings. The van der Waals surface area contributed by atoms with E-state index < -0.39 is 16.9 Å². The molecule has 0 radical (unpaired) electrons. The first-order valence-corrected chi connectivity index (χ1v) is 5.46. The van der Waals surface area contributed by atoms with Gasteiger partial charge in [0.1, 0.15) is 5.76 Å². The number of non-ortho nitro benzene ring substituents is 1. The van der Waals surface area contributed by atoms with Gasteiger partial charge in [0.2, 0.25) is 0 Å². The quantitative estimate of drug-likeness (QED) is 0.361. The minimum Gasteiger partial charge on any atom is -0.493 e. The standard InChI is InChI=1S/C12H10F3NO4/c1-2-20-10(7-11(17)12(13,14)15)8-3-5-9(6-4-8)16(18)19/h3-7H,2H2,1H3/b10-7+. The topological polar surface area (TPSA) is 69.4 Å². The summed E-state index contributed by atoms with van der Waals surface area (Å²) in [5, 5.41) is 10.5. The summed E-state index contributed by atoms with van der Waals surface area (Å²) in [4.78, 5) is 20.7. The predicted molar refractivity (Wildman–Crippen MR) is 63.8 cm³/mol. The summed E-state index contributed by atoms with van der Waals surface area (Å²) in [6.07, 6.45) is -4.67. The Balaban J connectivity index is 3.11. The van der Waals surface area contributed by atoms with E-state index in [2.05, 4.69) is 0 Å². The minimum atomic E-state index is -5.00. The van der Waals surface area contributed by atoms with Gasteiger partial charge in [0.15, 0.2) is 0 Å². The highest BCUT2D eigenvalue weighted by atomic mass is 19.4. The molecule has 0 N–H and O–H groups in total. The number of benzene rings is 1. The Bertz CT molecular complexity index is 535. The van der Waals surface area contributed by atoms with E-state index in [4.69, 9.17) is 4.74 Å². The first-order valence-electron chi connectivity index (χ1n) is 5.46. The van der Waals surface area contributed by atoms with Crippen molar-refractivity contribution >= 4 is 17.2 Å². The Labute approximate surface area is 111 Å². The van der Waals surface area contributed by atoms with Crippen LogP contribution < -0.4 is 0 Å². The van der Waals surface area contributed by atoms with Crippen LogP contribution in [0.5, 0.6) is 0 Å². The van der Waals surface area contributed by atoms with Crippen molar-refractivity contribution in [3.8, 4) is 0 Å². The monoisotopic (exact) mass is 289 g/mol. The number of carbonyl (C=O) groups is 1. The van der Waals surface area contributed by atoms with Gasteiger partial charge in [0.25, 0.3) is 11.5 Å². The zero-order valence-electron chi connectivity index (χ0n) is 10.3. The molecule has 0 aliphatic heterocycles. The molecule has 0 saturated carbocycles. The van der Waals surface area contributed by atoms with E-state index in [1.165, 1.54) is 19.1 Å². The normalized spacial score (nSPS) is 12.1. The van der Waals surface area contributed by atoms with Gasteiger partial charge < -0.3 is 4.74 Å². The van der Waals surface area contributed by atoms with Crippen molar-refractivity contribution in [1.82, 2.24) is 0 Å². The maximum Gasteiger partial charge on any atom is 0.454 e. The third kappa shape index (κ3) is 4.08. The Morgan fingerprint density at radius 3 is 2.30 bits per heavy atom. The number of ether oxygens (including phenoxy) is 1. The lowest BCUT2D eigenvalue weighted by molar-refractivity contribution is -0.384. The summed E-state index contributed by atoms with van der Waals surface area (Å²) in [5.74, 6) is -2.34. The smallest absolute Gasteiger partial charge is 0.454 e. The molecule has 0 heterocycles. The first-order chi connectivity index (χ1) is 9.25. The molecule has 0 unspecified atom stereocenters. The van der Waals surface area contributed by atoms with Crippen molar-refractivity contribution in [1.29, 1.82) is 0 Å². The Kier molecular flexibility index (Phi) is 4.84. The number of carbonyl (C=O) groups excluding carboxylic acids is 1. The largest absolute Gasteiger partial charge is 0.493 e. The van der Waals surface area contributed by atoms with Gasteiger partial charge in [0, 0.05) is 23.8 Å². The van der Waals surface area contributed by atoms with E-state index in [1.807, 2.05) is 0 Å². The zero-order chi connectivity index (χ0) is 15.3. The summed E-state index contributed by atoms with van der Waals surface area (Å²) in [7, 11) is 0. The molecular formula is C12H10F3NO4. The summed E-state index contributed by atoms with van der Waals surface area (Å²) in [6, 6.07) is 4.65. The van der Waals surface area contributed by atoms with Gasteiger partial charge in [-0.3, -0.25) is 14.9 Å². The lowest BCUT2D eigenvalue weighted by Gasteiger charge is -2.09. The third-order valence-electron chi connectivity index (χ3n) is 2.20. The molecule has 0 aliphatic carbocycles. The number of hydrogen-bond donors (Lipinski definition) is 0. The molecule has 0 saturated heterocycles. The van der Waals surface area contributed by atoms with Gasteiger partial charge in [-0.2, -0.15) is 13.2 Å². The van der Waals surface area contributed by atoms with E-state index in [9.17, 15) is 28.1 Å². The molecule has 0 bridgehead atoms. The Hall–Kier alpha value is -2.38. The average Bonchev–Trinajstić information content (AvgIpc) is 2.37. The second-order valence-corrected chi connectivity index (χ2v) is 3.61. The predicted octanol–water partition coefficient (Wildman–Crippen LogP) is 3.10. The number of nitro benzene ring substituents is 1. The molecule has 0 atom stereocenters. The number of nitro groups is 1. The molecule has 0 aromatic heterocycles. The van der Waals surface area contributed by atoms with Crippen LogP contribution in [0.4, 0.5) is 18.9 Å². The molecule has 0 fully saturated rings. The highest BCUT2D eigenvalue weighted by Gasteiger charge is 2.37. The van der Waals surface area contributed by atoms with Crippen LogP contribution in [0.1, 0.15) is 12.5 Å². The van der Waals surface area contributed by atoms with Crippen molar-refractivity contribution in [2.24, 2.45) is 0 Å². The van der Waals surface area contributed by atoms with E-state index in [1.54, 1.807) is 0 Å². The molecular weight excluding hydrogens is 279 g/mol. The highest BCUT2D eigenvalue weighted by molar-refractivity contribution is 5.99. The fourth-order valence-electron chi connectivity index (χ4n) is 1.31. The number of rotatable bonds is 5. The summed E-state index contributed by atoms with van der Waals surface area (Å²) in [5.41, 5.74) is -0.0678. The van der Waals surface area contributed by atoms with Crippen LogP contribution in [0, 0.1) is 10.1 Å². The van der Waals surface area contributed by atoms with Crippen LogP contribution in [0.15, 0.2) is 30.3 Å². The van der Waals surface area contributed by atoms with Crippen molar-refractivity contribution in [3.05, 3.63) is 46.0 Å². The molecule has 0 amide bonds. The lowest BCUT2D eigenvalue weighted by atomic mass is 10.1. The molecule has 0 spiro atoms. The second-order valence-electron chi connectivity index (χ2n) is 3.61.